The summed E-state index contributed by atoms with van der Waals surface area (Å²) in [6.07, 6.45) is 0.964. The summed E-state index contributed by atoms with van der Waals surface area (Å²) in [6.45, 7) is 9.91. The Bertz CT molecular complexity index is 777. The van der Waals surface area contributed by atoms with Crippen molar-refractivity contribution in [1.29, 1.82) is 0 Å². The van der Waals surface area contributed by atoms with Crippen molar-refractivity contribution in [2.75, 3.05) is 26.4 Å². The molecule has 0 fully saturated rings. The summed E-state index contributed by atoms with van der Waals surface area (Å²) in [4.78, 5) is 49.6. The molecule has 9 nitrogen and oxygen atoms in total. The summed E-state index contributed by atoms with van der Waals surface area (Å²) in [7, 11) is 0. The Morgan fingerprint density at radius 1 is 0.724 bits per heavy atom. The Balaban J connectivity index is 3.79. The highest BCUT2D eigenvalue weighted by atomic mass is 16.5. The van der Waals surface area contributed by atoms with Crippen molar-refractivity contribution >= 4 is 29.6 Å². The predicted molar refractivity (Wildman–Crippen MR) is 103 cm³/mol. The number of nitrogens with zero attached hydrogens (tertiary/aromatic N) is 1. The summed E-state index contributed by atoms with van der Waals surface area (Å²) >= 11 is 0. The van der Waals surface area contributed by atoms with Crippen LogP contribution >= 0.6 is 0 Å². The van der Waals surface area contributed by atoms with Gasteiger partial charge in [-0.25, -0.2) is 19.2 Å². The molecule has 0 radical (unpaired) electrons. The van der Waals surface area contributed by atoms with Gasteiger partial charge in [-0.05, 0) is 41.5 Å². The molecule has 1 rings (SSSR count). The third-order valence-electron chi connectivity index (χ3n) is 3.87. The van der Waals surface area contributed by atoms with Crippen LogP contribution in [0.5, 0.6) is 0 Å². The minimum Gasteiger partial charge on any atom is -0.463 e. The number of carbonyl (C=O) groups excluding carboxylic acids is 4. The normalized spacial score (nSPS) is 11.0. The van der Waals surface area contributed by atoms with Crippen LogP contribution in [-0.2, 0) is 28.5 Å². The Morgan fingerprint density at radius 3 is 1.52 bits per heavy atom. The largest absolute Gasteiger partial charge is 0.463 e. The van der Waals surface area contributed by atoms with Gasteiger partial charge >= 0.3 is 23.9 Å². The Kier molecular flexibility index (Phi) is 9.11. The van der Waals surface area contributed by atoms with Crippen LogP contribution in [-0.4, -0.2) is 54.9 Å². The molecule has 1 heterocycles. The molecule has 0 aliphatic rings. The first-order chi connectivity index (χ1) is 13.7. The maximum absolute atomic E-state index is 12.5. The van der Waals surface area contributed by atoms with Crippen LogP contribution in [0.1, 0.15) is 59.8 Å². The highest BCUT2D eigenvalue weighted by molar-refractivity contribution is 6.16. The van der Waals surface area contributed by atoms with Crippen molar-refractivity contribution in [3.8, 4) is 0 Å². The molecule has 0 aliphatic carbocycles. The highest BCUT2D eigenvalue weighted by Crippen LogP contribution is 2.28. The summed E-state index contributed by atoms with van der Waals surface area (Å²) < 4.78 is 21.4. The molecule has 1 aromatic rings. The first kappa shape index (κ1) is 23.9. The summed E-state index contributed by atoms with van der Waals surface area (Å²) in [5, 5.41) is 0. The summed E-state index contributed by atoms with van der Waals surface area (Å²) in [5.74, 6) is -3.06. The van der Waals surface area contributed by atoms with Crippen molar-refractivity contribution in [2.24, 2.45) is 0 Å². The number of hydrogen-bond donors (Lipinski definition) is 0. The average molecular weight is 409 g/mol. The zero-order valence-corrected chi connectivity index (χ0v) is 17.6. The van der Waals surface area contributed by atoms with Gasteiger partial charge in [0.15, 0.2) is 0 Å². The van der Waals surface area contributed by atoms with Crippen LogP contribution in [0.15, 0.2) is 6.08 Å². The number of aromatic nitrogens is 1. The molecule has 0 unspecified atom stereocenters. The second-order valence-electron chi connectivity index (χ2n) is 5.70. The topological polar surface area (TPSA) is 110 Å². The lowest BCUT2D eigenvalue weighted by Gasteiger charge is -2.13. The monoisotopic (exact) mass is 409 g/mol. The van der Waals surface area contributed by atoms with Crippen molar-refractivity contribution < 1.29 is 38.1 Å². The van der Waals surface area contributed by atoms with Gasteiger partial charge in [0.1, 0.15) is 5.70 Å². The molecule has 0 saturated carbocycles. The van der Waals surface area contributed by atoms with Crippen molar-refractivity contribution in [1.82, 2.24) is 4.57 Å². The SMILES string of the molecule is CCOC(=O)/C=C(\C(=O)OCC)n1c(C)c(C(=O)OCC)c(C(=O)OCC)c1C. The number of carbonyl (C=O) groups is 4. The van der Waals surface area contributed by atoms with E-state index in [1.54, 1.807) is 27.7 Å². The van der Waals surface area contributed by atoms with Crippen molar-refractivity contribution in [3.05, 3.63) is 28.6 Å². The molecule has 0 bridgehead atoms. The molecule has 0 aromatic carbocycles. The van der Waals surface area contributed by atoms with Crippen LogP contribution in [0.3, 0.4) is 0 Å². The van der Waals surface area contributed by atoms with E-state index in [0.29, 0.717) is 0 Å². The zero-order valence-electron chi connectivity index (χ0n) is 17.6. The van der Waals surface area contributed by atoms with Gasteiger partial charge < -0.3 is 23.5 Å². The second kappa shape index (κ2) is 11.0. The van der Waals surface area contributed by atoms with Gasteiger partial charge in [-0.15, -0.1) is 0 Å². The Hall–Kier alpha value is -3.10. The van der Waals surface area contributed by atoms with Gasteiger partial charge in [-0.1, -0.05) is 0 Å². The van der Waals surface area contributed by atoms with E-state index in [2.05, 4.69) is 0 Å². The smallest absolute Gasteiger partial charge is 0.355 e. The second-order valence-corrected chi connectivity index (χ2v) is 5.70. The maximum atomic E-state index is 12.5. The van der Waals surface area contributed by atoms with Gasteiger partial charge in [0.2, 0.25) is 0 Å². The van der Waals surface area contributed by atoms with Crippen molar-refractivity contribution in [3.63, 3.8) is 0 Å². The summed E-state index contributed by atoms with van der Waals surface area (Å²) in [5.41, 5.74) is 0.185. The summed E-state index contributed by atoms with van der Waals surface area (Å²) in [6, 6.07) is 0. The molecule has 0 spiro atoms. The standard InChI is InChI=1S/C20H27NO8/c1-7-26-15(22)11-14(18(23)27-8-2)21-12(5)16(19(24)28-9-3)17(13(21)6)20(25)29-10-4/h11H,7-10H2,1-6H3/b14-11+. The zero-order chi connectivity index (χ0) is 22.1. The van der Waals surface area contributed by atoms with Crippen LogP contribution < -0.4 is 0 Å². The van der Waals surface area contributed by atoms with E-state index in [1.807, 2.05) is 0 Å². The third-order valence-corrected chi connectivity index (χ3v) is 3.87. The third kappa shape index (κ3) is 5.46. The first-order valence-electron chi connectivity index (χ1n) is 9.36. The molecule has 0 atom stereocenters. The molecule has 160 valence electrons. The van der Waals surface area contributed by atoms with Gasteiger partial charge in [0.05, 0.1) is 43.6 Å². The minimum absolute atomic E-state index is 0.0399. The van der Waals surface area contributed by atoms with E-state index in [9.17, 15) is 19.2 Å². The lowest BCUT2D eigenvalue weighted by atomic mass is 10.1. The average Bonchev–Trinajstić information content (AvgIpc) is 2.91. The first-order valence-corrected chi connectivity index (χ1v) is 9.36. The maximum Gasteiger partial charge on any atom is 0.355 e. The van der Waals surface area contributed by atoms with Crippen molar-refractivity contribution in [2.45, 2.75) is 41.5 Å². The van der Waals surface area contributed by atoms with Crippen LogP contribution in [0, 0.1) is 13.8 Å². The fourth-order valence-corrected chi connectivity index (χ4v) is 2.82. The van der Waals surface area contributed by atoms with Crippen LogP contribution in [0.2, 0.25) is 0 Å². The number of hydrogen-bond acceptors (Lipinski definition) is 8. The predicted octanol–water partition coefficient (Wildman–Crippen LogP) is 2.43. The van der Waals surface area contributed by atoms with Crippen LogP contribution in [0.4, 0.5) is 0 Å². The number of esters is 4. The molecule has 0 amide bonds. The lowest BCUT2D eigenvalue weighted by molar-refractivity contribution is -0.139. The molecule has 1 aromatic heterocycles. The van der Waals surface area contributed by atoms with Gasteiger partial charge in [-0.2, -0.15) is 0 Å². The van der Waals surface area contributed by atoms with E-state index in [-0.39, 0.29) is 54.6 Å². The highest BCUT2D eigenvalue weighted by Gasteiger charge is 2.32. The van der Waals surface area contributed by atoms with E-state index in [1.165, 1.54) is 18.4 Å². The molecule has 0 saturated heterocycles. The van der Waals surface area contributed by atoms with E-state index in [4.69, 9.17) is 18.9 Å². The molecule has 29 heavy (non-hydrogen) atoms. The quantitative estimate of drug-likeness (QED) is 0.347. The van der Waals surface area contributed by atoms with E-state index < -0.39 is 23.9 Å². The fourth-order valence-electron chi connectivity index (χ4n) is 2.82. The van der Waals surface area contributed by atoms with Gasteiger partial charge in [-0.3, -0.25) is 0 Å². The lowest BCUT2D eigenvalue weighted by Crippen LogP contribution is -2.17. The molecular weight excluding hydrogens is 382 g/mol. The fraction of sp³-hybridized carbons (Fsp3) is 0.500. The molecule has 0 aliphatic heterocycles. The van der Waals surface area contributed by atoms with E-state index >= 15 is 0 Å². The Morgan fingerprint density at radius 2 is 1.14 bits per heavy atom. The van der Waals surface area contributed by atoms with E-state index in [0.717, 1.165) is 6.08 Å². The number of ether oxygens (including phenoxy) is 4. The van der Waals surface area contributed by atoms with Crippen LogP contribution in [0.25, 0.3) is 5.70 Å². The Labute approximate surface area is 169 Å². The minimum atomic E-state index is -0.812. The van der Waals surface area contributed by atoms with Gasteiger partial charge in [0, 0.05) is 11.4 Å². The molecular formula is C20H27NO8. The van der Waals surface area contributed by atoms with Gasteiger partial charge in [0.25, 0.3) is 0 Å². The molecule has 9 heteroatoms. The number of rotatable bonds is 9. The molecule has 0 N–H and O–H groups in total.